The summed E-state index contributed by atoms with van der Waals surface area (Å²) in [6, 6.07) is 16.8. The minimum atomic E-state index is -0.368. The first kappa shape index (κ1) is 20.0. The van der Waals surface area contributed by atoms with Crippen molar-refractivity contribution in [2.24, 2.45) is 0 Å². The summed E-state index contributed by atoms with van der Waals surface area (Å²) in [5, 5.41) is 2.81. The molecule has 1 heterocycles. The van der Waals surface area contributed by atoms with Gasteiger partial charge in [-0.3, -0.25) is 9.59 Å². The molecule has 0 unspecified atom stereocenters. The van der Waals surface area contributed by atoms with Gasteiger partial charge in [0.1, 0.15) is 5.82 Å². The SMILES string of the molecule is CC(=O)c1cc2c(cc1NC(=O)c1ccccc1SCc1ccccc1F)OCO2. The Labute approximate surface area is 177 Å². The van der Waals surface area contributed by atoms with Crippen LogP contribution in [0.4, 0.5) is 10.1 Å². The molecule has 4 rings (SSSR count). The number of amides is 1. The summed E-state index contributed by atoms with van der Waals surface area (Å²) < 4.78 is 24.6. The molecule has 1 aliphatic rings. The number of ketones is 1. The van der Waals surface area contributed by atoms with E-state index in [4.69, 9.17) is 9.47 Å². The van der Waals surface area contributed by atoms with Crippen LogP contribution in [-0.4, -0.2) is 18.5 Å². The van der Waals surface area contributed by atoms with Gasteiger partial charge in [0.05, 0.1) is 11.3 Å². The Bertz CT molecular complexity index is 1130. The van der Waals surface area contributed by atoms with Gasteiger partial charge in [-0.2, -0.15) is 0 Å². The van der Waals surface area contributed by atoms with Gasteiger partial charge in [0.15, 0.2) is 17.3 Å². The molecule has 1 N–H and O–H groups in total. The smallest absolute Gasteiger partial charge is 0.256 e. The number of thioether (sulfide) groups is 1. The highest BCUT2D eigenvalue weighted by Gasteiger charge is 2.21. The van der Waals surface area contributed by atoms with Crippen molar-refractivity contribution in [3.63, 3.8) is 0 Å². The number of fused-ring (bicyclic) bond motifs is 1. The van der Waals surface area contributed by atoms with Gasteiger partial charge in [-0.05, 0) is 36.8 Å². The zero-order chi connectivity index (χ0) is 21.1. The van der Waals surface area contributed by atoms with Gasteiger partial charge in [0.25, 0.3) is 5.91 Å². The molecule has 152 valence electrons. The lowest BCUT2D eigenvalue weighted by atomic mass is 10.1. The number of anilines is 1. The lowest BCUT2D eigenvalue weighted by Crippen LogP contribution is -2.15. The van der Waals surface area contributed by atoms with E-state index in [1.165, 1.54) is 24.8 Å². The maximum Gasteiger partial charge on any atom is 0.256 e. The van der Waals surface area contributed by atoms with Crippen LogP contribution in [0, 0.1) is 5.82 Å². The number of rotatable bonds is 6. The minimum Gasteiger partial charge on any atom is -0.454 e. The topological polar surface area (TPSA) is 64.6 Å². The number of hydrogen-bond acceptors (Lipinski definition) is 5. The quantitative estimate of drug-likeness (QED) is 0.430. The molecule has 1 aliphatic heterocycles. The van der Waals surface area contributed by atoms with Gasteiger partial charge < -0.3 is 14.8 Å². The first-order valence-electron chi connectivity index (χ1n) is 9.24. The number of hydrogen-bond donors (Lipinski definition) is 1. The third-order valence-electron chi connectivity index (χ3n) is 4.61. The summed E-state index contributed by atoms with van der Waals surface area (Å²) in [6.45, 7) is 1.49. The number of carbonyl (C=O) groups is 2. The summed E-state index contributed by atoms with van der Waals surface area (Å²) >= 11 is 1.37. The Morgan fingerprint density at radius 2 is 1.70 bits per heavy atom. The molecule has 0 saturated carbocycles. The van der Waals surface area contributed by atoms with E-state index in [0.29, 0.717) is 44.5 Å². The van der Waals surface area contributed by atoms with E-state index in [0.717, 1.165) is 0 Å². The standard InChI is InChI=1S/C23H18FNO4S/c1-14(26)17-10-20-21(29-13-28-20)11-19(17)25-23(27)16-7-3-5-9-22(16)30-12-15-6-2-4-8-18(15)24/h2-11H,12-13H2,1H3,(H,25,27). The summed E-state index contributed by atoms with van der Waals surface area (Å²) in [6.07, 6.45) is 0. The molecule has 0 radical (unpaired) electrons. The van der Waals surface area contributed by atoms with Gasteiger partial charge in [-0.15, -0.1) is 11.8 Å². The van der Waals surface area contributed by atoms with Crippen LogP contribution in [0.25, 0.3) is 0 Å². The maximum atomic E-state index is 13.9. The maximum absolute atomic E-state index is 13.9. The molecule has 7 heteroatoms. The lowest BCUT2D eigenvalue weighted by Gasteiger charge is -2.13. The number of nitrogens with one attached hydrogen (secondary N) is 1. The molecular formula is C23H18FNO4S. The molecule has 0 spiro atoms. The zero-order valence-corrected chi connectivity index (χ0v) is 16.9. The first-order chi connectivity index (χ1) is 14.5. The second-order valence-electron chi connectivity index (χ2n) is 6.64. The van der Waals surface area contributed by atoms with Gasteiger partial charge in [-0.25, -0.2) is 4.39 Å². The van der Waals surface area contributed by atoms with Crippen LogP contribution in [0.2, 0.25) is 0 Å². The predicted molar refractivity (Wildman–Crippen MR) is 113 cm³/mol. The largest absolute Gasteiger partial charge is 0.454 e. The van der Waals surface area contributed by atoms with E-state index < -0.39 is 0 Å². The van der Waals surface area contributed by atoms with E-state index in [-0.39, 0.29) is 24.3 Å². The van der Waals surface area contributed by atoms with Gasteiger partial charge >= 0.3 is 0 Å². The van der Waals surface area contributed by atoms with Crippen molar-refractivity contribution in [2.45, 2.75) is 17.6 Å². The van der Waals surface area contributed by atoms with Gasteiger partial charge in [-0.1, -0.05) is 30.3 Å². The third kappa shape index (κ3) is 4.16. The third-order valence-corrected chi connectivity index (χ3v) is 5.74. The fourth-order valence-electron chi connectivity index (χ4n) is 3.08. The molecule has 1 amide bonds. The van der Waals surface area contributed by atoms with Crippen LogP contribution >= 0.6 is 11.8 Å². The van der Waals surface area contributed by atoms with Crippen molar-refractivity contribution in [3.05, 3.63) is 83.2 Å². The molecule has 0 aromatic heterocycles. The van der Waals surface area contributed by atoms with Gasteiger partial charge in [0, 0.05) is 22.3 Å². The molecule has 30 heavy (non-hydrogen) atoms. The summed E-state index contributed by atoms with van der Waals surface area (Å²) in [7, 11) is 0. The van der Waals surface area contributed by atoms with E-state index >= 15 is 0 Å². The monoisotopic (exact) mass is 423 g/mol. The normalized spacial score (nSPS) is 11.9. The van der Waals surface area contributed by atoms with Crippen LogP contribution in [0.1, 0.15) is 33.2 Å². The van der Waals surface area contributed by atoms with Crippen LogP contribution in [-0.2, 0) is 5.75 Å². The second-order valence-corrected chi connectivity index (χ2v) is 7.65. The fraction of sp³-hybridized carbons (Fsp3) is 0.130. The van der Waals surface area contributed by atoms with E-state index in [1.807, 2.05) is 12.1 Å². The molecule has 0 aliphatic carbocycles. The summed E-state index contributed by atoms with van der Waals surface area (Å²) in [5.74, 6) is 0.480. The highest BCUT2D eigenvalue weighted by molar-refractivity contribution is 7.98. The Balaban J connectivity index is 1.58. The molecule has 0 fully saturated rings. The highest BCUT2D eigenvalue weighted by atomic mass is 32.2. The van der Waals surface area contributed by atoms with Crippen LogP contribution in [0.5, 0.6) is 11.5 Å². The molecular weight excluding hydrogens is 405 g/mol. The Hall–Kier alpha value is -3.32. The molecule has 5 nitrogen and oxygen atoms in total. The average molecular weight is 423 g/mol. The minimum absolute atomic E-state index is 0.0690. The van der Waals surface area contributed by atoms with Crippen LogP contribution in [0.3, 0.4) is 0 Å². The highest BCUT2D eigenvalue weighted by Crippen LogP contribution is 2.37. The predicted octanol–water partition coefficient (Wildman–Crippen LogP) is 5.30. The molecule has 0 atom stereocenters. The second kappa shape index (κ2) is 8.59. The Kier molecular flexibility index (Phi) is 5.72. The van der Waals surface area contributed by atoms with Crippen molar-refractivity contribution in [1.29, 1.82) is 0 Å². The zero-order valence-electron chi connectivity index (χ0n) is 16.1. The molecule has 0 bridgehead atoms. The summed E-state index contributed by atoms with van der Waals surface area (Å²) in [4.78, 5) is 25.8. The van der Waals surface area contributed by atoms with Gasteiger partial charge in [0.2, 0.25) is 6.79 Å². The van der Waals surface area contributed by atoms with Crippen molar-refractivity contribution in [1.82, 2.24) is 0 Å². The number of benzene rings is 3. The van der Waals surface area contributed by atoms with E-state index in [9.17, 15) is 14.0 Å². The first-order valence-corrected chi connectivity index (χ1v) is 10.2. The lowest BCUT2D eigenvalue weighted by molar-refractivity contribution is 0.101. The van der Waals surface area contributed by atoms with Crippen molar-refractivity contribution in [2.75, 3.05) is 12.1 Å². The fourth-order valence-corrected chi connectivity index (χ4v) is 4.11. The summed E-state index contributed by atoms with van der Waals surface area (Å²) in [5.41, 5.74) is 1.69. The molecule has 0 saturated heterocycles. The number of ether oxygens (including phenoxy) is 2. The van der Waals surface area contributed by atoms with E-state index in [1.54, 1.807) is 42.5 Å². The number of carbonyl (C=O) groups excluding carboxylic acids is 2. The van der Waals surface area contributed by atoms with Crippen LogP contribution < -0.4 is 14.8 Å². The molecule has 3 aromatic rings. The van der Waals surface area contributed by atoms with Crippen molar-refractivity contribution < 1.29 is 23.5 Å². The Morgan fingerprint density at radius 3 is 2.47 bits per heavy atom. The average Bonchev–Trinajstić information content (AvgIpc) is 3.20. The molecule has 3 aromatic carbocycles. The van der Waals surface area contributed by atoms with Crippen molar-refractivity contribution in [3.8, 4) is 11.5 Å². The van der Waals surface area contributed by atoms with E-state index in [2.05, 4.69) is 5.32 Å². The van der Waals surface area contributed by atoms with Crippen molar-refractivity contribution >= 4 is 29.1 Å². The number of halogens is 1. The van der Waals surface area contributed by atoms with Crippen LogP contribution in [0.15, 0.2) is 65.6 Å². The number of Topliss-reactive ketones (excluding diaryl/α,β-unsaturated/α-hetero) is 1. The Morgan fingerprint density at radius 1 is 1.00 bits per heavy atom.